The second-order valence-corrected chi connectivity index (χ2v) is 8.15. The number of nitrogens with zero attached hydrogens (tertiary/aromatic N) is 1. The highest BCUT2D eigenvalue weighted by Gasteiger charge is 2.04. The van der Waals surface area contributed by atoms with Crippen molar-refractivity contribution in [2.75, 3.05) is 13.1 Å². The van der Waals surface area contributed by atoms with E-state index in [1.54, 1.807) is 24.5 Å². The Kier molecular flexibility index (Phi) is 19.2. The highest BCUT2D eigenvalue weighted by Crippen LogP contribution is 2.00. The molecule has 0 radical (unpaired) electrons. The summed E-state index contributed by atoms with van der Waals surface area (Å²) >= 11 is 0. The first kappa shape index (κ1) is 29.8. The highest BCUT2D eigenvalue weighted by atomic mass is 16.2. The maximum Gasteiger partial charge on any atom is 0.252 e. The molecule has 0 spiro atoms. The van der Waals surface area contributed by atoms with Gasteiger partial charge >= 0.3 is 0 Å². The second-order valence-electron chi connectivity index (χ2n) is 8.15. The number of hydrogen-bond donors (Lipinski definition) is 2. The number of carbonyl (C=O) groups excluding carboxylic acids is 2. The monoisotopic (exact) mass is 477 g/mol. The summed E-state index contributed by atoms with van der Waals surface area (Å²) in [7, 11) is 0. The molecule has 0 aliphatic carbocycles. The van der Waals surface area contributed by atoms with Crippen LogP contribution in [0.25, 0.3) is 0 Å². The lowest BCUT2D eigenvalue weighted by Crippen LogP contribution is -2.27. The van der Waals surface area contributed by atoms with Crippen molar-refractivity contribution in [2.45, 2.75) is 71.1 Å². The molecular formula is C30H43N3O2. The van der Waals surface area contributed by atoms with Crippen molar-refractivity contribution in [3.8, 4) is 0 Å². The molecule has 0 atom stereocenters. The van der Waals surface area contributed by atoms with Crippen LogP contribution in [0.3, 0.4) is 0 Å². The minimum Gasteiger partial charge on any atom is -0.356 e. The number of rotatable bonds is 19. The Hall–Kier alpha value is -3.21. The summed E-state index contributed by atoms with van der Waals surface area (Å²) in [6.07, 6.45) is 34.1. The van der Waals surface area contributed by atoms with E-state index in [1.165, 1.54) is 0 Å². The number of carbonyl (C=O) groups is 2. The largest absolute Gasteiger partial charge is 0.356 e. The van der Waals surface area contributed by atoms with Crippen LogP contribution in [-0.2, 0) is 4.79 Å². The van der Waals surface area contributed by atoms with Crippen LogP contribution in [-0.4, -0.2) is 29.9 Å². The van der Waals surface area contributed by atoms with Gasteiger partial charge in [-0.1, -0.05) is 67.7 Å². The van der Waals surface area contributed by atoms with Crippen LogP contribution < -0.4 is 10.6 Å². The van der Waals surface area contributed by atoms with Gasteiger partial charge in [0.15, 0.2) is 0 Å². The Balaban J connectivity index is 1.91. The summed E-state index contributed by atoms with van der Waals surface area (Å²) < 4.78 is 0. The third-order valence-electron chi connectivity index (χ3n) is 5.07. The summed E-state index contributed by atoms with van der Waals surface area (Å²) in [5.74, 6) is -0.0195. The van der Waals surface area contributed by atoms with Gasteiger partial charge in [0.05, 0.1) is 5.56 Å². The summed E-state index contributed by atoms with van der Waals surface area (Å²) in [6.45, 7) is 3.38. The predicted octanol–water partition coefficient (Wildman–Crippen LogP) is 6.63. The Morgan fingerprint density at radius 2 is 1.34 bits per heavy atom. The average molecular weight is 478 g/mol. The van der Waals surface area contributed by atoms with Crippen molar-refractivity contribution in [1.29, 1.82) is 0 Å². The standard InChI is InChI=1S/C30H43N3O2/c1-2-3-4-5-6-7-8-9-10-11-12-13-14-15-16-17-18-23-29(34)32-25-19-20-26-33-30(35)28-22-21-24-31-27-28/h3-4,6-7,9-10,12-13,15-16,21-22,24,27H,2,5,8,11,14,17-20,23,25-26H2,1H3,(H,32,34)(H,33,35). The van der Waals surface area contributed by atoms with E-state index in [-0.39, 0.29) is 11.8 Å². The molecule has 190 valence electrons. The molecule has 1 rings (SSSR count). The maximum atomic E-state index is 11.9. The normalized spacial score (nSPS) is 12.0. The summed E-state index contributed by atoms with van der Waals surface area (Å²) in [4.78, 5) is 27.7. The van der Waals surface area contributed by atoms with Gasteiger partial charge in [-0.05, 0) is 69.9 Å². The van der Waals surface area contributed by atoms with E-state index < -0.39 is 0 Å². The van der Waals surface area contributed by atoms with E-state index in [0.29, 0.717) is 25.1 Å². The van der Waals surface area contributed by atoms with Crippen molar-refractivity contribution in [1.82, 2.24) is 15.6 Å². The molecule has 35 heavy (non-hydrogen) atoms. The van der Waals surface area contributed by atoms with Gasteiger partial charge in [0.25, 0.3) is 5.91 Å². The fourth-order valence-corrected chi connectivity index (χ4v) is 3.12. The number of hydrogen-bond acceptors (Lipinski definition) is 3. The lowest BCUT2D eigenvalue weighted by Gasteiger charge is -2.06. The predicted molar refractivity (Wildman–Crippen MR) is 147 cm³/mol. The SMILES string of the molecule is CCC=CCC=CCC=CCC=CCC=CCCCC(=O)NCCCCNC(=O)c1cccnc1. The zero-order valence-corrected chi connectivity index (χ0v) is 21.3. The minimum atomic E-state index is -0.114. The molecule has 5 heteroatoms. The van der Waals surface area contributed by atoms with Crippen molar-refractivity contribution in [2.24, 2.45) is 0 Å². The molecule has 1 aromatic heterocycles. The van der Waals surface area contributed by atoms with Gasteiger partial charge < -0.3 is 10.6 Å². The molecular weight excluding hydrogens is 434 g/mol. The molecule has 0 fully saturated rings. The first-order valence-electron chi connectivity index (χ1n) is 12.9. The van der Waals surface area contributed by atoms with Crippen LogP contribution in [0.4, 0.5) is 0 Å². The van der Waals surface area contributed by atoms with Gasteiger partial charge in [-0.2, -0.15) is 0 Å². The molecule has 1 heterocycles. The fourth-order valence-electron chi connectivity index (χ4n) is 3.12. The molecule has 0 aromatic carbocycles. The number of aromatic nitrogens is 1. The van der Waals surface area contributed by atoms with Gasteiger partial charge in [-0.15, -0.1) is 0 Å². The molecule has 0 bridgehead atoms. The zero-order chi connectivity index (χ0) is 25.2. The number of pyridine rings is 1. The van der Waals surface area contributed by atoms with Crippen molar-refractivity contribution in [3.63, 3.8) is 0 Å². The first-order chi connectivity index (χ1) is 17.2. The molecule has 1 aromatic rings. The second kappa shape index (κ2) is 22.6. The van der Waals surface area contributed by atoms with Crippen LogP contribution in [0.15, 0.2) is 85.3 Å². The molecule has 0 saturated heterocycles. The number of nitrogens with one attached hydrogen (secondary N) is 2. The molecule has 0 aliphatic heterocycles. The van der Waals surface area contributed by atoms with Crippen LogP contribution in [0.5, 0.6) is 0 Å². The summed E-state index contributed by atoms with van der Waals surface area (Å²) in [6, 6.07) is 3.48. The molecule has 0 aliphatic rings. The smallest absolute Gasteiger partial charge is 0.252 e. The Bertz CT molecular complexity index is 823. The lowest BCUT2D eigenvalue weighted by atomic mass is 10.2. The van der Waals surface area contributed by atoms with E-state index in [4.69, 9.17) is 0 Å². The topological polar surface area (TPSA) is 71.1 Å². The van der Waals surface area contributed by atoms with Crippen molar-refractivity contribution < 1.29 is 9.59 Å². The van der Waals surface area contributed by atoms with E-state index in [0.717, 1.165) is 57.8 Å². The quantitative estimate of drug-likeness (QED) is 0.173. The fraction of sp³-hybridized carbons (Fsp3) is 0.433. The minimum absolute atomic E-state index is 0.0942. The van der Waals surface area contributed by atoms with E-state index >= 15 is 0 Å². The Morgan fingerprint density at radius 3 is 1.91 bits per heavy atom. The van der Waals surface area contributed by atoms with Crippen molar-refractivity contribution in [3.05, 3.63) is 90.9 Å². The molecule has 0 unspecified atom stereocenters. The van der Waals surface area contributed by atoms with E-state index in [2.05, 4.69) is 83.3 Å². The van der Waals surface area contributed by atoms with Crippen LogP contribution in [0.1, 0.15) is 81.5 Å². The van der Waals surface area contributed by atoms with E-state index in [9.17, 15) is 9.59 Å². The average Bonchev–Trinajstić information content (AvgIpc) is 2.88. The summed E-state index contributed by atoms with van der Waals surface area (Å²) in [5.41, 5.74) is 0.563. The van der Waals surface area contributed by atoms with Crippen LogP contribution in [0, 0.1) is 0 Å². The van der Waals surface area contributed by atoms with Gasteiger partial charge in [-0.25, -0.2) is 0 Å². The summed E-state index contributed by atoms with van der Waals surface area (Å²) in [5, 5.41) is 5.81. The van der Waals surface area contributed by atoms with Gasteiger partial charge in [0.2, 0.25) is 5.91 Å². The van der Waals surface area contributed by atoms with Crippen LogP contribution >= 0.6 is 0 Å². The van der Waals surface area contributed by atoms with Gasteiger partial charge in [0, 0.05) is 31.9 Å². The number of amides is 2. The zero-order valence-electron chi connectivity index (χ0n) is 21.3. The van der Waals surface area contributed by atoms with E-state index in [1.807, 2.05) is 0 Å². The van der Waals surface area contributed by atoms with Crippen LogP contribution in [0.2, 0.25) is 0 Å². The van der Waals surface area contributed by atoms with Gasteiger partial charge in [-0.3, -0.25) is 14.6 Å². The maximum absolute atomic E-state index is 11.9. The third kappa shape index (κ3) is 18.9. The molecule has 2 N–H and O–H groups in total. The highest BCUT2D eigenvalue weighted by molar-refractivity contribution is 5.93. The molecule has 2 amide bonds. The Labute approximate surface area is 212 Å². The third-order valence-corrected chi connectivity index (χ3v) is 5.07. The lowest BCUT2D eigenvalue weighted by molar-refractivity contribution is -0.121. The number of unbranched alkanes of at least 4 members (excludes halogenated alkanes) is 2. The Morgan fingerprint density at radius 1 is 0.771 bits per heavy atom. The first-order valence-corrected chi connectivity index (χ1v) is 12.9. The molecule has 0 saturated carbocycles. The number of allylic oxidation sites excluding steroid dienone is 10. The molecule has 5 nitrogen and oxygen atoms in total. The van der Waals surface area contributed by atoms with Gasteiger partial charge in [0.1, 0.15) is 0 Å². The van der Waals surface area contributed by atoms with Crippen molar-refractivity contribution >= 4 is 11.8 Å².